The van der Waals surface area contributed by atoms with Crippen molar-refractivity contribution >= 4 is 18.1 Å². The van der Waals surface area contributed by atoms with Crippen LogP contribution in [0.25, 0.3) is 0 Å². The van der Waals surface area contributed by atoms with Crippen LogP contribution in [0.2, 0.25) is 0 Å². The van der Waals surface area contributed by atoms with E-state index in [0.29, 0.717) is 32.2 Å². The summed E-state index contributed by atoms with van der Waals surface area (Å²) in [6.07, 6.45) is 5.76. The highest BCUT2D eigenvalue weighted by atomic mass is 16.5. The van der Waals surface area contributed by atoms with Crippen molar-refractivity contribution in [2.45, 2.75) is 32.1 Å². The van der Waals surface area contributed by atoms with E-state index < -0.39 is 0 Å². The molecular weight excluding hydrogens is 310 g/mol. The molecule has 1 aliphatic carbocycles. The van der Waals surface area contributed by atoms with Gasteiger partial charge in [0, 0.05) is 26.1 Å². The summed E-state index contributed by atoms with van der Waals surface area (Å²) in [5, 5.41) is 5.53. The zero-order valence-corrected chi connectivity index (χ0v) is 14.9. The van der Waals surface area contributed by atoms with Crippen LogP contribution in [0.5, 0.6) is 0 Å². The summed E-state index contributed by atoms with van der Waals surface area (Å²) in [6, 6.07) is 0. The largest absolute Gasteiger partial charge is 0.380 e. The highest BCUT2D eigenvalue weighted by molar-refractivity contribution is 5.81. The summed E-state index contributed by atoms with van der Waals surface area (Å²) in [6.45, 7) is 2.01. The minimum atomic E-state index is -0.0463. The van der Waals surface area contributed by atoms with Crippen molar-refractivity contribution in [3.63, 3.8) is 0 Å². The Balaban J connectivity index is 2.20. The first-order valence-corrected chi connectivity index (χ1v) is 8.77. The molecule has 2 amide bonds. The van der Waals surface area contributed by atoms with Gasteiger partial charge in [-0.2, -0.15) is 0 Å². The molecule has 0 saturated heterocycles. The van der Waals surface area contributed by atoms with Crippen molar-refractivity contribution in [1.82, 2.24) is 15.5 Å². The minimum Gasteiger partial charge on any atom is -0.380 e. The van der Waals surface area contributed by atoms with Gasteiger partial charge in [0.05, 0.1) is 19.7 Å². The van der Waals surface area contributed by atoms with Gasteiger partial charge in [0.2, 0.25) is 11.8 Å². The molecule has 1 fully saturated rings. The van der Waals surface area contributed by atoms with E-state index in [2.05, 4.69) is 10.6 Å². The Bertz CT molecular complexity index is 399. The van der Waals surface area contributed by atoms with Crippen molar-refractivity contribution in [3.05, 3.63) is 0 Å². The third-order valence-electron chi connectivity index (χ3n) is 4.47. The quantitative estimate of drug-likeness (QED) is 0.369. The predicted octanol–water partition coefficient (Wildman–Crippen LogP) is 0.192. The summed E-state index contributed by atoms with van der Waals surface area (Å²) >= 11 is 0. The lowest BCUT2D eigenvalue weighted by atomic mass is 9.73. The van der Waals surface area contributed by atoms with Crippen molar-refractivity contribution in [2.24, 2.45) is 11.8 Å². The molecule has 1 aliphatic rings. The van der Waals surface area contributed by atoms with Crippen LogP contribution in [0.1, 0.15) is 32.1 Å². The van der Waals surface area contributed by atoms with Crippen molar-refractivity contribution in [1.29, 1.82) is 0 Å². The molecule has 7 heteroatoms. The van der Waals surface area contributed by atoms with E-state index >= 15 is 0 Å². The second-order valence-corrected chi connectivity index (χ2v) is 6.32. The van der Waals surface area contributed by atoms with E-state index in [1.165, 1.54) is 11.3 Å². The van der Waals surface area contributed by atoms with E-state index in [-0.39, 0.29) is 24.3 Å². The van der Waals surface area contributed by atoms with Crippen LogP contribution in [0.15, 0.2) is 0 Å². The SMILES string of the molecule is CNCC(=O)NCCOCCCC(C(=O)N(C)CC=O)C1CCC1. The molecule has 0 spiro atoms. The molecule has 0 bridgehead atoms. The number of likely N-dealkylation sites (N-methyl/N-ethyl adjacent to an activating group) is 2. The summed E-state index contributed by atoms with van der Waals surface area (Å²) in [5.74, 6) is 0.483. The third kappa shape index (κ3) is 7.40. The monoisotopic (exact) mass is 341 g/mol. The van der Waals surface area contributed by atoms with Gasteiger partial charge in [-0.05, 0) is 38.6 Å². The Kier molecular flexibility index (Phi) is 10.3. The standard InChI is InChI=1S/C17H31N3O4/c1-18-13-16(22)19-8-12-24-11-4-7-15(14-5-3-6-14)17(23)20(2)9-10-21/h10,14-15,18H,3-9,11-13H2,1-2H3,(H,19,22). The van der Waals surface area contributed by atoms with Crippen molar-refractivity contribution in [2.75, 3.05) is 46.9 Å². The van der Waals surface area contributed by atoms with Gasteiger partial charge in [0.25, 0.3) is 0 Å². The van der Waals surface area contributed by atoms with Crippen LogP contribution in [0.3, 0.4) is 0 Å². The lowest BCUT2D eigenvalue weighted by Gasteiger charge is -2.35. The zero-order chi connectivity index (χ0) is 17.8. The molecule has 1 unspecified atom stereocenters. The van der Waals surface area contributed by atoms with Gasteiger partial charge in [0.1, 0.15) is 6.29 Å². The highest BCUT2D eigenvalue weighted by Gasteiger charge is 2.33. The second kappa shape index (κ2) is 12.0. The fourth-order valence-corrected chi connectivity index (χ4v) is 2.88. The van der Waals surface area contributed by atoms with Crippen LogP contribution in [-0.4, -0.2) is 69.9 Å². The number of aldehydes is 1. The van der Waals surface area contributed by atoms with Gasteiger partial charge < -0.3 is 25.1 Å². The Labute approximate surface area is 144 Å². The number of hydrogen-bond acceptors (Lipinski definition) is 5. The minimum absolute atomic E-state index is 0.00244. The molecule has 2 N–H and O–H groups in total. The van der Waals surface area contributed by atoms with Gasteiger partial charge in [0.15, 0.2) is 0 Å². The summed E-state index contributed by atoms with van der Waals surface area (Å²) in [4.78, 5) is 35.8. The van der Waals surface area contributed by atoms with Crippen LogP contribution >= 0.6 is 0 Å². The maximum absolute atomic E-state index is 12.4. The molecule has 0 aromatic carbocycles. The lowest BCUT2D eigenvalue weighted by molar-refractivity contribution is -0.139. The molecule has 0 aliphatic heterocycles. The second-order valence-electron chi connectivity index (χ2n) is 6.32. The molecule has 1 rings (SSSR count). The smallest absolute Gasteiger partial charge is 0.234 e. The molecule has 0 heterocycles. The number of carbonyl (C=O) groups excluding carboxylic acids is 3. The normalized spacial score (nSPS) is 15.4. The Morgan fingerprint density at radius 3 is 2.67 bits per heavy atom. The maximum Gasteiger partial charge on any atom is 0.234 e. The molecular formula is C17H31N3O4. The summed E-state index contributed by atoms with van der Waals surface area (Å²) in [5.41, 5.74) is 0. The maximum atomic E-state index is 12.4. The van der Waals surface area contributed by atoms with Crippen molar-refractivity contribution in [3.8, 4) is 0 Å². The van der Waals surface area contributed by atoms with E-state index in [0.717, 1.165) is 32.0 Å². The topological polar surface area (TPSA) is 87.7 Å². The highest BCUT2D eigenvalue weighted by Crippen LogP contribution is 2.36. The number of nitrogens with one attached hydrogen (secondary N) is 2. The number of hydrogen-bond donors (Lipinski definition) is 2. The number of rotatable bonds is 13. The average Bonchev–Trinajstić information content (AvgIpc) is 2.50. The van der Waals surface area contributed by atoms with Gasteiger partial charge in [-0.1, -0.05) is 6.42 Å². The first kappa shape index (κ1) is 20.6. The molecule has 1 saturated carbocycles. The fourth-order valence-electron chi connectivity index (χ4n) is 2.88. The first-order valence-electron chi connectivity index (χ1n) is 8.77. The number of ether oxygens (including phenoxy) is 1. The van der Waals surface area contributed by atoms with Crippen LogP contribution in [0, 0.1) is 11.8 Å². The van der Waals surface area contributed by atoms with Gasteiger partial charge in [-0.25, -0.2) is 0 Å². The average molecular weight is 341 g/mol. The Morgan fingerprint density at radius 1 is 1.33 bits per heavy atom. The molecule has 7 nitrogen and oxygen atoms in total. The van der Waals surface area contributed by atoms with Gasteiger partial charge >= 0.3 is 0 Å². The van der Waals surface area contributed by atoms with E-state index in [9.17, 15) is 14.4 Å². The molecule has 138 valence electrons. The predicted molar refractivity (Wildman–Crippen MR) is 91.5 cm³/mol. The molecule has 0 aromatic rings. The van der Waals surface area contributed by atoms with Crippen LogP contribution < -0.4 is 10.6 Å². The van der Waals surface area contributed by atoms with Gasteiger partial charge in [-0.15, -0.1) is 0 Å². The van der Waals surface area contributed by atoms with Crippen LogP contribution in [-0.2, 0) is 19.1 Å². The molecule has 24 heavy (non-hydrogen) atoms. The summed E-state index contributed by atoms with van der Waals surface area (Å²) in [7, 11) is 3.41. The zero-order valence-electron chi connectivity index (χ0n) is 14.9. The summed E-state index contributed by atoms with van der Waals surface area (Å²) < 4.78 is 5.52. The first-order chi connectivity index (χ1) is 11.6. The lowest BCUT2D eigenvalue weighted by Crippen LogP contribution is -2.39. The van der Waals surface area contributed by atoms with E-state index in [1.807, 2.05) is 0 Å². The van der Waals surface area contributed by atoms with E-state index in [4.69, 9.17) is 4.74 Å². The fraction of sp³-hybridized carbons (Fsp3) is 0.824. The number of nitrogens with zero attached hydrogens (tertiary/aromatic N) is 1. The Hall–Kier alpha value is -1.47. The molecule has 0 radical (unpaired) electrons. The third-order valence-corrected chi connectivity index (χ3v) is 4.47. The van der Waals surface area contributed by atoms with Crippen LogP contribution in [0.4, 0.5) is 0 Å². The number of amides is 2. The van der Waals surface area contributed by atoms with Gasteiger partial charge in [-0.3, -0.25) is 9.59 Å². The molecule has 1 atom stereocenters. The molecule has 0 aromatic heterocycles. The van der Waals surface area contributed by atoms with Crippen molar-refractivity contribution < 1.29 is 19.1 Å². The Morgan fingerprint density at radius 2 is 2.08 bits per heavy atom. The number of carbonyl (C=O) groups is 3. The van der Waals surface area contributed by atoms with E-state index in [1.54, 1.807) is 14.1 Å².